The molecule has 6 rings (SSSR count). The zero-order valence-electron chi connectivity index (χ0n) is 18.8. The van der Waals surface area contributed by atoms with Gasteiger partial charge in [0.25, 0.3) is 5.91 Å². The Hall–Kier alpha value is -3.65. The van der Waals surface area contributed by atoms with Gasteiger partial charge in [0, 0.05) is 54.8 Å². The van der Waals surface area contributed by atoms with E-state index in [2.05, 4.69) is 5.10 Å². The van der Waals surface area contributed by atoms with E-state index >= 15 is 0 Å². The highest BCUT2D eigenvalue weighted by atomic mass is 32.1. The number of piperidine rings is 1. The third kappa shape index (κ3) is 3.37. The normalized spacial score (nSPS) is 17.1. The fourth-order valence-electron chi connectivity index (χ4n) is 5.08. The molecule has 4 heterocycles. The van der Waals surface area contributed by atoms with Crippen LogP contribution in [0.4, 0.5) is 5.00 Å². The number of nitrogen functional groups attached to an aromatic ring is 1. The number of likely N-dealkylation sites (tertiary alicyclic amines) is 1. The van der Waals surface area contributed by atoms with Crippen LogP contribution in [-0.2, 0) is 7.05 Å². The first-order chi connectivity index (χ1) is 16.4. The van der Waals surface area contributed by atoms with Crippen molar-refractivity contribution in [2.75, 3.05) is 18.8 Å². The van der Waals surface area contributed by atoms with E-state index in [0.717, 1.165) is 21.2 Å². The van der Waals surface area contributed by atoms with Gasteiger partial charge in [-0.25, -0.2) is 0 Å². The van der Waals surface area contributed by atoms with Crippen LogP contribution in [0.5, 0.6) is 5.75 Å². The monoisotopic (exact) mass is 472 g/mol. The van der Waals surface area contributed by atoms with Crippen molar-refractivity contribution >= 4 is 38.1 Å². The van der Waals surface area contributed by atoms with Crippen LogP contribution < -0.4 is 10.5 Å². The van der Waals surface area contributed by atoms with Crippen molar-refractivity contribution in [3.8, 4) is 16.9 Å². The molecule has 0 bridgehead atoms. The number of fused-ring (bicyclic) bond motifs is 2. The quantitative estimate of drug-likeness (QED) is 0.463. The van der Waals surface area contributed by atoms with Gasteiger partial charge in [0.2, 0.25) is 0 Å². The van der Waals surface area contributed by atoms with Gasteiger partial charge in [-0.05, 0) is 23.8 Å². The lowest BCUT2D eigenvalue weighted by Crippen LogP contribution is -2.52. The van der Waals surface area contributed by atoms with Crippen LogP contribution >= 0.6 is 11.3 Å². The minimum absolute atomic E-state index is 0.0477. The highest BCUT2D eigenvalue weighted by molar-refractivity contribution is 7.23. The topological polar surface area (TPSA) is 90.5 Å². The molecule has 0 atom stereocenters. The van der Waals surface area contributed by atoms with E-state index in [0.29, 0.717) is 54.2 Å². The number of ketones is 1. The number of carbonyl (C=O) groups excluding carboxylic acids is 2. The Kier molecular flexibility index (Phi) is 4.74. The summed E-state index contributed by atoms with van der Waals surface area (Å²) in [6.07, 6.45) is 5.25. The van der Waals surface area contributed by atoms with Crippen molar-refractivity contribution in [1.29, 1.82) is 0 Å². The number of benzene rings is 2. The lowest BCUT2D eigenvalue weighted by atomic mass is 9.82. The number of ether oxygens (including phenoxy) is 1. The van der Waals surface area contributed by atoms with Gasteiger partial charge in [-0.15, -0.1) is 11.3 Å². The molecule has 172 valence electrons. The molecule has 2 aromatic carbocycles. The summed E-state index contributed by atoms with van der Waals surface area (Å²) in [4.78, 5) is 28.3. The van der Waals surface area contributed by atoms with E-state index < -0.39 is 5.60 Å². The van der Waals surface area contributed by atoms with Crippen LogP contribution in [0.15, 0.2) is 54.9 Å². The first-order valence-corrected chi connectivity index (χ1v) is 12.2. The predicted molar refractivity (Wildman–Crippen MR) is 132 cm³/mol. The summed E-state index contributed by atoms with van der Waals surface area (Å²) in [7, 11) is 1.87. The predicted octanol–water partition coefficient (Wildman–Crippen LogP) is 4.52. The molecule has 2 N–H and O–H groups in total. The number of anilines is 1. The highest BCUT2D eigenvalue weighted by Gasteiger charge is 2.44. The van der Waals surface area contributed by atoms with E-state index in [9.17, 15) is 9.59 Å². The Morgan fingerprint density at radius 1 is 1.15 bits per heavy atom. The van der Waals surface area contributed by atoms with Crippen molar-refractivity contribution in [2.24, 2.45) is 7.05 Å². The summed E-state index contributed by atoms with van der Waals surface area (Å²) < 4.78 is 9.19. The molecule has 2 aliphatic rings. The van der Waals surface area contributed by atoms with Gasteiger partial charge < -0.3 is 15.4 Å². The average Bonchev–Trinajstić information content (AvgIpc) is 3.41. The van der Waals surface area contributed by atoms with E-state index in [4.69, 9.17) is 10.5 Å². The van der Waals surface area contributed by atoms with Crippen LogP contribution in [0, 0.1) is 0 Å². The fraction of sp³-hybridized carbons (Fsp3) is 0.269. The summed E-state index contributed by atoms with van der Waals surface area (Å²) in [5, 5.41) is 5.67. The summed E-state index contributed by atoms with van der Waals surface area (Å²) in [5.74, 6) is 0.657. The maximum Gasteiger partial charge on any atom is 0.257 e. The maximum atomic E-state index is 13.3. The summed E-state index contributed by atoms with van der Waals surface area (Å²) in [6, 6.07) is 13.5. The molecule has 34 heavy (non-hydrogen) atoms. The minimum atomic E-state index is -0.570. The van der Waals surface area contributed by atoms with Gasteiger partial charge in [-0.2, -0.15) is 5.10 Å². The van der Waals surface area contributed by atoms with Crippen molar-refractivity contribution in [3.05, 3.63) is 66.0 Å². The third-order valence-electron chi connectivity index (χ3n) is 6.93. The molecule has 1 fully saturated rings. The van der Waals surface area contributed by atoms with Gasteiger partial charge in [-0.1, -0.05) is 24.3 Å². The Labute approximate surface area is 200 Å². The number of rotatable bonds is 2. The van der Waals surface area contributed by atoms with Crippen molar-refractivity contribution in [3.63, 3.8) is 0 Å². The molecule has 2 aromatic heterocycles. The second kappa shape index (κ2) is 7.70. The second-order valence-electron chi connectivity index (χ2n) is 9.13. The molecule has 0 saturated carbocycles. The number of nitrogens with two attached hydrogens (primary N) is 1. The number of hydrogen-bond acceptors (Lipinski definition) is 6. The zero-order chi connectivity index (χ0) is 23.4. The number of thiophene rings is 1. The molecule has 8 heteroatoms. The molecule has 1 saturated heterocycles. The van der Waals surface area contributed by atoms with Crippen molar-refractivity contribution in [1.82, 2.24) is 14.7 Å². The van der Waals surface area contributed by atoms with Gasteiger partial charge in [0.15, 0.2) is 5.78 Å². The Balaban J connectivity index is 1.21. The van der Waals surface area contributed by atoms with Crippen LogP contribution in [0.1, 0.15) is 40.0 Å². The van der Waals surface area contributed by atoms with Gasteiger partial charge in [-0.3, -0.25) is 14.3 Å². The Morgan fingerprint density at radius 2 is 1.94 bits per heavy atom. The molecule has 7 nitrogen and oxygen atoms in total. The number of hydrogen-bond donors (Lipinski definition) is 1. The van der Waals surface area contributed by atoms with Crippen molar-refractivity contribution < 1.29 is 14.3 Å². The standard InChI is InChI=1S/C26H24N4O3S/c1-29-15-17(14-28-29)16-6-7-21-19(12-16)20(31)13-26(33-21)8-10-30(11-9-26)25(32)23-18-4-2-3-5-22(18)34-24(23)27/h2-7,12,14-15H,8-11,13,27H2,1H3. The number of aromatic nitrogens is 2. The molecule has 1 spiro atoms. The highest BCUT2D eigenvalue weighted by Crippen LogP contribution is 2.42. The number of nitrogens with zero attached hydrogens (tertiary/aromatic N) is 3. The van der Waals surface area contributed by atoms with E-state index in [1.54, 1.807) is 10.9 Å². The van der Waals surface area contributed by atoms with Crippen LogP contribution in [0.2, 0.25) is 0 Å². The van der Waals surface area contributed by atoms with Gasteiger partial charge in [0.05, 0.1) is 28.7 Å². The molecule has 4 aromatic rings. The summed E-state index contributed by atoms with van der Waals surface area (Å²) in [5.41, 5.74) is 8.76. The third-order valence-corrected chi connectivity index (χ3v) is 7.93. The van der Waals surface area contributed by atoms with Crippen LogP contribution in [-0.4, -0.2) is 45.1 Å². The van der Waals surface area contributed by atoms with Gasteiger partial charge in [0.1, 0.15) is 11.4 Å². The molecule has 2 aliphatic heterocycles. The summed E-state index contributed by atoms with van der Waals surface area (Å²) >= 11 is 1.44. The largest absolute Gasteiger partial charge is 0.486 e. The number of amides is 1. The Bertz CT molecular complexity index is 1450. The van der Waals surface area contributed by atoms with E-state index in [1.807, 2.05) is 60.6 Å². The smallest absolute Gasteiger partial charge is 0.257 e. The van der Waals surface area contributed by atoms with Crippen LogP contribution in [0.3, 0.4) is 0 Å². The first kappa shape index (κ1) is 20.9. The number of Topliss-reactive ketones (excluding diaryl/α,β-unsaturated/α-hetero) is 1. The molecular weight excluding hydrogens is 448 g/mol. The van der Waals surface area contributed by atoms with Gasteiger partial charge >= 0.3 is 0 Å². The molecule has 0 radical (unpaired) electrons. The first-order valence-electron chi connectivity index (χ1n) is 11.3. The number of aryl methyl sites for hydroxylation is 1. The van der Waals surface area contributed by atoms with Crippen LogP contribution in [0.25, 0.3) is 21.2 Å². The van der Waals surface area contributed by atoms with E-state index in [-0.39, 0.29) is 11.7 Å². The molecule has 1 amide bonds. The number of carbonyl (C=O) groups is 2. The molecule has 0 aliphatic carbocycles. The summed E-state index contributed by atoms with van der Waals surface area (Å²) in [6.45, 7) is 1.05. The second-order valence-corrected chi connectivity index (χ2v) is 10.2. The Morgan fingerprint density at radius 3 is 2.71 bits per heavy atom. The zero-order valence-corrected chi connectivity index (χ0v) is 19.6. The van der Waals surface area contributed by atoms with Crippen molar-refractivity contribution in [2.45, 2.75) is 24.9 Å². The molecular formula is C26H24N4O3S. The molecule has 0 unspecified atom stereocenters. The minimum Gasteiger partial charge on any atom is -0.486 e. The lowest BCUT2D eigenvalue weighted by Gasteiger charge is -2.44. The fourth-order valence-corrected chi connectivity index (χ4v) is 6.05. The maximum absolute atomic E-state index is 13.3. The van der Waals surface area contributed by atoms with E-state index in [1.165, 1.54) is 11.3 Å². The SMILES string of the molecule is Cn1cc(-c2ccc3c(c2)C(=O)CC2(CCN(C(=O)c4c(N)sc5ccccc45)CC2)O3)cn1. The average molecular weight is 473 g/mol. The lowest BCUT2D eigenvalue weighted by molar-refractivity contribution is -0.00561.